The Morgan fingerprint density at radius 2 is 2.31 bits per heavy atom. The third-order valence-electron chi connectivity index (χ3n) is 4.79. The second-order valence-corrected chi connectivity index (χ2v) is 8.94. The Labute approximate surface area is 160 Å². The molecular weight excluding hydrogens is 366 g/mol. The molecule has 0 saturated heterocycles. The minimum Gasteiger partial charge on any atom is -0.467 e. The highest BCUT2D eigenvalue weighted by Crippen LogP contribution is 2.40. The summed E-state index contributed by atoms with van der Waals surface area (Å²) in [5.41, 5.74) is 1.32. The van der Waals surface area contributed by atoms with E-state index in [-0.39, 0.29) is 12.5 Å². The number of nitrogens with zero attached hydrogens (tertiary/aromatic N) is 3. The smallest absolute Gasteiger partial charge is 0.260 e. The number of amides is 1. The minimum absolute atomic E-state index is 0.00495. The summed E-state index contributed by atoms with van der Waals surface area (Å²) < 4.78 is 5.84. The first-order valence-electron chi connectivity index (χ1n) is 8.76. The predicted octanol–water partition coefficient (Wildman–Crippen LogP) is 3.92. The molecule has 7 heteroatoms. The van der Waals surface area contributed by atoms with E-state index in [4.69, 9.17) is 4.74 Å². The van der Waals surface area contributed by atoms with Crippen molar-refractivity contribution >= 4 is 38.8 Å². The number of carbonyl (C=O) groups is 1. The third-order valence-corrected chi connectivity index (χ3v) is 6.81. The zero-order valence-electron chi connectivity index (χ0n) is 14.9. The van der Waals surface area contributed by atoms with Crippen molar-refractivity contribution in [3.63, 3.8) is 0 Å². The number of aromatic nitrogens is 2. The molecule has 3 aromatic rings. The van der Waals surface area contributed by atoms with Gasteiger partial charge in [-0.05, 0) is 42.2 Å². The fraction of sp³-hybridized carbons (Fsp3) is 0.421. The maximum Gasteiger partial charge on any atom is 0.260 e. The first-order valence-corrected chi connectivity index (χ1v) is 10.5. The molecule has 0 saturated carbocycles. The normalized spacial score (nSPS) is 16.5. The molecule has 1 aliphatic rings. The Kier molecular flexibility index (Phi) is 4.91. The van der Waals surface area contributed by atoms with Gasteiger partial charge in [-0.1, -0.05) is 13.0 Å². The average molecular weight is 388 g/mol. The fourth-order valence-electron chi connectivity index (χ4n) is 3.32. The number of aryl methyl sites for hydroxylation is 1. The van der Waals surface area contributed by atoms with Crippen molar-refractivity contribution in [3.05, 3.63) is 39.2 Å². The summed E-state index contributed by atoms with van der Waals surface area (Å²) in [6.45, 7) is 2.89. The molecule has 1 amide bonds. The van der Waals surface area contributed by atoms with Crippen LogP contribution in [0.2, 0.25) is 0 Å². The molecule has 136 valence electrons. The highest BCUT2D eigenvalue weighted by molar-refractivity contribution is 7.18. The Bertz CT molecular complexity index is 920. The molecule has 1 aliphatic carbocycles. The van der Waals surface area contributed by atoms with Crippen LogP contribution in [-0.2, 0) is 24.2 Å². The van der Waals surface area contributed by atoms with Crippen molar-refractivity contribution in [1.29, 1.82) is 0 Å². The third kappa shape index (κ3) is 3.46. The van der Waals surface area contributed by atoms with Crippen LogP contribution in [0, 0.1) is 5.92 Å². The zero-order valence-corrected chi connectivity index (χ0v) is 16.5. The summed E-state index contributed by atoms with van der Waals surface area (Å²) in [6, 6.07) is 4.02. The van der Waals surface area contributed by atoms with Gasteiger partial charge in [0.1, 0.15) is 11.2 Å². The number of hydrogen-bond donors (Lipinski definition) is 0. The van der Waals surface area contributed by atoms with Gasteiger partial charge in [-0.3, -0.25) is 4.79 Å². The summed E-state index contributed by atoms with van der Waals surface area (Å²) in [6.07, 6.45) is 4.84. The van der Waals surface area contributed by atoms with E-state index in [0.717, 1.165) is 27.9 Å². The monoisotopic (exact) mass is 387 g/mol. The molecular formula is C19H21N3O2S2. The summed E-state index contributed by atoms with van der Waals surface area (Å²) >= 11 is 3.38. The topological polar surface area (TPSA) is 55.3 Å². The van der Waals surface area contributed by atoms with E-state index >= 15 is 0 Å². The van der Waals surface area contributed by atoms with E-state index in [1.807, 2.05) is 17.5 Å². The molecule has 0 spiro atoms. The van der Waals surface area contributed by atoms with Crippen molar-refractivity contribution in [3.8, 4) is 5.88 Å². The molecule has 0 N–H and O–H groups in total. The number of rotatable bonds is 5. The number of ether oxygens (including phenoxy) is 1. The molecule has 4 rings (SSSR count). The SMILES string of the molecule is CC1CCc2c(sc3ncnc(OCC(=O)N(C)Cc4cccs4)c23)C1. The van der Waals surface area contributed by atoms with E-state index in [0.29, 0.717) is 18.3 Å². The van der Waals surface area contributed by atoms with Gasteiger partial charge in [0.05, 0.1) is 11.9 Å². The Morgan fingerprint density at radius 3 is 3.12 bits per heavy atom. The van der Waals surface area contributed by atoms with Gasteiger partial charge in [-0.2, -0.15) is 0 Å². The molecule has 1 unspecified atom stereocenters. The number of likely N-dealkylation sites (N-methyl/N-ethyl adjacent to an activating group) is 1. The zero-order chi connectivity index (χ0) is 18.1. The van der Waals surface area contributed by atoms with Crippen molar-refractivity contribution in [2.45, 2.75) is 32.7 Å². The minimum atomic E-state index is -0.0529. The molecule has 5 nitrogen and oxygen atoms in total. The quantitative estimate of drug-likeness (QED) is 0.666. The lowest BCUT2D eigenvalue weighted by atomic mass is 9.89. The van der Waals surface area contributed by atoms with Gasteiger partial charge in [0.2, 0.25) is 5.88 Å². The first kappa shape index (κ1) is 17.4. The van der Waals surface area contributed by atoms with Crippen LogP contribution in [-0.4, -0.2) is 34.4 Å². The molecule has 0 aliphatic heterocycles. The standard InChI is InChI=1S/C19H21N3O2S2/c1-12-5-6-14-15(8-12)26-19-17(14)18(20-11-21-19)24-10-16(23)22(2)9-13-4-3-7-25-13/h3-4,7,11-12H,5-6,8-10H2,1-2H3. The molecule has 0 bridgehead atoms. The van der Waals surface area contributed by atoms with Crippen molar-refractivity contribution in [2.75, 3.05) is 13.7 Å². The van der Waals surface area contributed by atoms with Crippen molar-refractivity contribution in [1.82, 2.24) is 14.9 Å². The van der Waals surface area contributed by atoms with Gasteiger partial charge in [0.25, 0.3) is 5.91 Å². The van der Waals surface area contributed by atoms with Gasteiger partial charge in [-0.25, -0.2) is 9.97 Å². The second kappa shape index (κ2) is 7.32. The highest BCUT2D eigenvalue weighted by Gasteiger charge is 2.24. The number of hydrogen-bond acceptors (Lipinski definition) is 6. The van der Waals surface area contributed by atoms with Crippen LogP contribution in [0.5, 0.6) is 5.88 Å². The predicted molar refractivity (Wildman–Crippen MR) is 105 cm³/mol. The number of carbonyl (C=O) groups excluding carboxylic acids is 1. The lowest BCUT2D eigenvalue weighted by Crippen LogP contribution is -2.30. The molecule has 0 aromatic carbocycles. The van der Waals surface area contributed by atoms with Gasteiger partial charge < -0.3 is 9.64 Å². The van der Waals surface area contributed by atoms with E-state index < -0.39 is 0 Å². The molecule has 0 fully saturated rings. The van der Waals surface area contributed by atoms with Crippen LogP contribution in [0.25, 0.3) is 10.2 Å². The number of fused-ring (bicyclic) bond motifs is 3. The molecule has 3 heterocycles. The van der Waals surface area contributed by atoms with Crippen LogP contribution < -0.4 is 4.74 Å². The summed E-state index contributed by atoms with van der Waals surface area (Å²) in [7, 11) is 1.80. The summed E-state index contributed by atoms with van der Waals surface area (Å²) in [5.74, 6) is 1.20. The fourth-order valence-corrected chi connectivity index (χ4v) is 5.42. The van der Waals surface area contributed by atoms with Gasteiger partial charge in [0, 0.05) is 16.8 Å². The van der Waals surface area contributed by atoms with Crippen LogP contribution >= 0.6 is 22.7 Å². The second-order valence-electron chi connectivity index (χ2n) is 6.83. The Hall–Kier alpha value is -1.99. The van der Waals surface area contributed by atoms with Gasteiger partial charge in [0.15, 0.2) is 6.61 Å². The van der Waals surface area contributed by atoms with Gasteiger partial charge in [-0.15, -0.1) is 22.7 Å². The van der Waals surface area contributed by atoms with E-state index in [9.17, 15) is 4.79 Å². The highest BCUT2D eigenvalue weighted by atomic mass is 32.1. The lowest BCUT2D eigenvalue weighted by Gasteiger charge is -2.18. The van der Waals surface area contributed by atoms with E-state index in [1.54, 1.807) is 34.6 Å². The largest absolute Gasteiger partial charge is 0.467 e. The van der Waals surface area contributed by atoms with Crippen LogP contribution in [0.4, 0.5) is 0 Å². The molecule has 0 radical (unpaired) electrons. The molecule has 26 heavy (non-hydrogen) atoms. The van der Waals surface area contributed by atoms with Crippen LogP contribution in [0.15, 0.2) is 23.8 Å². The Balaban J connectivity index is 1.49. The maximum absolute atomic E-state index is 12.4. The Morgan fingerprint density at radius 1 is 1.42 bits per heavy atom. The van der Waals surface area contributed by atoms with Crippen molar-refractivity contribution in [2.24, 2.45) is 5.92 Å². The summed E-state index contributed by atoms with van der Waals surface area (Å²) in [5, 5.41) is 3.02. The van der Waals surface area contributed by atoms with Gasteiger partial charge >= 0.3 is 0 Å². The van der Waals surface area contributed by atoms with Crippen LogP contribution in [0.3, 0.4) is 0 Å². The average Bonchev–Trinajstić information content (AvgIpc) is 3.26. The molecule has 3 aromatic heterocycles. The number of thiophene rings is 2. The first-order chi connectivity index (χ1) is 12.6. The van der Waals surface area contributed by atoms with E-state index in [2.05, 4.69) is 16.9 Å². The maximum atomic E-state index is 12.4. The molecule has 1 atom stereocenters. The van der Waals surface area contributed by atoms with Crippen molar-refractivity contribution < 1.29 is 9.53 Å². The summed E-state index contributed by atoms with van der Waals surface area (Å²) in [4.78, 5) is 26.4. The van der Waals surface area contributed by atoms with E-state index in [1.165, 1.54) is 23.2 Å². The lowest BCUT2D eigenvalue weighted by molar-refractivity contribution is -0.132. The van der Waals surface area contributed by atoms with Crippen LogP contribution in [0.1, 0.15) is 28.7 Å².